The summed E-state index contributed by atoms with van der Waals surface area (Å²) in [5.41, 5.74) is 8.32. The van der Waals surface area contributed by atoms with E-state index in [1.807, 2.05) is 36.4 Å². The van der Waals surface area contributed by atoms with Crippen molar-refractivity contribution in [1.29, 1.82) is 0 Å². The number of anilines is 3. The van der Waals surface area contributed by atoms with E-state index < -0.39 is 0 Å². The van der Waals surface area contributed by atoms with Gasteiger partial charge in [0, 0.05) is 11.8 Å². The Morgan fingerprint density at radius 3 is 2.85 bits per heavy atom. The van der Waals surface area contributed by atoms with Crippen molar-refractivity contribution in [1.82, 2.24) is 0 Å². The van der Waals surface area contributed by atoms with Gasteiger partial charge in [0.05, 0.1) is 27.5 Å². The molecule has 2 aromatic rings. The van der Waals surface area contributed by atoms with Crippen LogP contribution in [-0.4, -0.2) is 6.61 Å². The van der Waals surface area contributed by atoms with Gasteiger partial charge < -0.3 is 15.8 Å². The quantitative estimate of drug-likeness (QED) is 0.723. The number of rotatable bonds is 5. The average Bonchev–Trinajstić information content (AvgIpc) is 2.44. The van der Waals surface area contributed by atoms with Crippen LogP contribution in [0.1, 0.15) is 13.3 Å². The third-order valence-electron chi connectivity index (χ3n) is 2.71. The van der Waals surface area contributed by atoms with Crippen molar-refractivity contribution >= 4 is 44.6 Å². The summed E-state index contributed by atoms with van der Waals surface area (Å²) in [5, 5.41) is 3.95. The van der Waals surface area contributed by atoms with Gasteiger partial charge in [0.2, 0.25) is 0 Å². The first-order valence-corrected chi connectivity index (χ1v) is 7.52. The third-order valence-corrected chi connectivity index (χ3v) is 4.10. The van der Waals surface area contributed by atoms with Crippen molar-refractivity contribution in [2.45, 2.75) is 13.3 Å². The van der Waals surface area contributed by atoms with Gasteiger partial charge in [0.1, 0.15) is 5.75 Å². The number of nitrogens with one attached hydrogen (secondary N) is 1. The van der Waals surface area contributed by atoms with Crippen LogP contribution in [0.25, 0.3) is 0 Å². The highest BCUT2D eigenvalue weighted by molar-refractivity contribution is 9.10. The zero-order valence-corrected chi connectivity index (χ0v) is 13.5. The largest absolute Gasteiger partial charge is 0.491 e. The van der Waals surface area contributed by atoms with Crippen molar-refractivity contribution in [3.8, 4) is 5.75 Å². The van der Waals surface area contributed by atoms with Crippen molar-refractivity contribution in [3.63, 3.8) is 0 Å². The Morgan fingerprint density at radius 1 is 1.30 bits per heavy atom. The van der Waals surface area contributed by atoms with Crippen LogP contribution >= 0.6 is 27.5 Å². The first-order valence-electron chi connectivity index (χ1n) is 6.35. The normalized spacial score (nSPS) is 10.3. The van der Waals surface area contributed by atoms with Gasteiger partial charge >= 0.3 is 0 Å². The van der Waals surface area contributed by atoms with E-state index in [9.17, 15) is 0 Å². The molecule has 0 spiro atoms. The van der Waals surface area contributed by atoms with E-state index in [-0.39, 0.29) is 0 Å². The Kier molecular flexibility index (Phi) is 5.15. The molecule has 5 heteroatoms. The van der Waals surface area contributed by atoms with Crippen LogP contribution in [0.3, 0.4) is 0 Å². The molecule has 0 aromatic heterocycles. The summed E-state index contributed by atoms with van der Waals surface area (Å²) >= 11 is 9.54. The molecule has 0 radical (unpaired) electrons. The monoisotopic (exact) mass is 354 g/mol. The summed E-state index contributed by atoms with van der Waals surface area (Å²) in [7, 11) is 0. The van der Waals surface area contributed by atoms with Gasteiger partial charge in [0.25, 0.3) is 0 Å². The summed E-state index contributed by atoms with van der Waals surface area (Å²) in [4.78, 5) is 0. The molecule has 0 atom stereocenters. The van der Waals surface area contributed by atoms with E-state index in [1.165, 1.54) is 0 Å². The Hall–Kier alpha value is -1.39. The lowest BCUT2D eigenvalue weighted by atomic mass is 10.2. The van der Waals surface area contributed by atoms with Gasteiger partial charge in [-0.15, -0.1) is 0 Å². The van der Waals surface area contributed by atoms with Crippen LogP contribution in [0.4, 0.5) is 17.1 Å². The fourth-order valence-electron chi connectivity index (χ4n) is 1.70. The summed E-state index contributed by atoms with van der Waals surface area (Å²) in [6.45, 7) is 2.70. The van der Waals surface area contributed by atoms with E-state index in [4.69, 9.17) is 22.1 Å². The van der Waals surface area contributed by atoms with Gasteiger partial charge in [-0.25, -0.2) is 0 Å². The lowest BCUT2D eigenvalue weighted by molar-refractivity contribution is 0.319. The molecule has 0 amide bonds. The lowest BCUT2D eigenvalue weighted by Gasteiger charge is -2.13. The van der Waals surface area contributed by atoms with Gasteiger partial charge in [0.15, 0.2) is 0 Å². The molecule has 2 aromatic carbocycles. The first kappa shape index (κ1) is 15.0. The Bertz CT molecular complexity index is 604. The van der Waals surface area contributed by atoms with Crippen molar-refractivity contribution in [2.75, 3.05) is 17.7 Å². The average molecular weight is 356 g/mol. The maximum atomic E-state index is 6.07. The standard InChI is InChI=1S/C15H16BrClN2O/c1-2-8-20-14-9-10(6-7-12(14)18)19-13-5-3-4-11(17)15(13)16/h3-7,9,19H,2,8,18H2,1H3. The molecular formula is C15H16BrClN2O. The Labute approximate surface area is 132 Å². The summed E-state index contributed by atoms with van der Waals surface area (Å²) in [5.74, 6) is 0.690. The van der Waals surface area contributed by atoms with Crippen LogP contribution < -0.4 is 15.8 Å². The molecule has 0 saturated carbocycles. The number of benzene rings is 2. The van der Waals surface area contributed by atoms with Crippen molar-refractivity contribution in [2.24, 2.45) is 0 Å². The maximum Gasteiger partial charge on any atom is 0.144 e. The molecule has 3 N–H and O–H groups in total. The zero-order chi connectivity index (χ0) is 14.5. The molecule has 3 nitrogen and oxygen atoms in total. The second-order valence-corrected chi connectivity index (χ2v) is 5.53. The Balaban J connectivity index is 2.23. The SMILES string of the molecule is CCCOc1cc(Nc2cccc(Cl)c2Br)ccc1N. The molecule has 0 aliphatic carbocycles. The molecule has 0 fully saturated rings. The van der Waals surface area contributed by atoms with Crippen LogP contribution in [0, 0.1) is 0 Å². The highest BCUT2D eigenvalue weighted by Gasteiger charge is 2.06. The summed E-state index contributed by atoms with van der Waals surface area (Å²) in [6.07, 6.45) is 0.941. The minimum absolute atomic E-state index is 0.633. The van der Waals surface area contributed by atoms with Gasteiger partial charge in [-0.1, -0.05) is 24.6 Å². The number of hydrogen-bond acceptors (Lipinski definition) is 3. The molecule has 0 unspecified atom stereocenters. The predicted octanol–water partition coefficient (Wildman–Crippen LogP) is 5.22. The summed E-state index contributed by atoms with van der Waals surface area (Å²) in [6, 6.07) is 11.3. The smallest absolute Gasteiger partial charge is 0.144 e. The van der Waals surface area contributed by atoms with Crippen LogP contribution in [0.2, 0.25) is 5.02 Å². The van der Waals surface area contributed by atoms with E-state index in [0.717, 1.165) is 22.3 Å². The topological polar surface area (TPSA) is 47.3 Å². The van der Waals surface area contributed by atoms with Gasteiger partial charge in [-0.05, 0) is 46.6 Å². The maximum absolute atomic E-state index is 6.07. The van der Waals surface area contributed by atoms with Crippen LogP contribution in [-0.2, 0) is 0 Å². The minimum atomic E-state index is 0.633. The number of halogens is 2. The second-order valence-electron chi connectivity index (χ2n) is 4.33. The minimum Gasteiger partial charge on any atom is -0.491 e. The molecular weight excluding hydrogens is 340 g/mol. The first-order chi connectivity index (χ1) is 9.61. The van der Waals surface area contributed by atoms with E-state index in [0.29, 0.717) is 23.1 Å². The number of hydrogen-bond donors (Lipinski definition) is 2. The van der Waals surface area contributed by atoms with E-state index in [1.54, 1.807) is 0 Å². The number of nitrogen functional groups attached to an aromatic ring is 1. The Morgan fingerprint density at radius 2 is 2.10 bits per heavy atom. The molecule has 2 rings (SSSR count). The molecule has 20 heavy (non-hydrogen) atoms. The zero-order valence-electron chi connectivity index (χ0n) is 11.1. The van der Waals surface area contributed by atoms with Crippen LogP contribution in [0.5, 0.6) is 5.75 Å². The molecule has 0 heterocycles. The summed E-state index contributed by atoms with van der Waals surface area (Å²) < 4.78 is 6.44. The van der Waals surface area contributed by atoms with Crippen molar-refractivity contribution in [3.05, 3.63) is 45.9 Å². The van der Waals surface area contributed by atoms with E-state index >= 15 is 0 Å². The van der Waals surface area contributed by atoms with E-state index in [2.05, 4.69) is 28.2 Å². The second kappa shape index (κ2) is 6.86. The highest BCUT2D eigenvalue weighted by Crippen LogP contribution is 2.34. The molecule has 0 aliphatic rings. The molecule has 0 saturated heterocycles. The number of ether oxygens (including phenoxy) is 1. The van der Waals surface area contributed by atoms with Gasteiger partial charge in [-0.2, -0.15) is 0 Å². The van der Waals surface area contributed by atoms with Crippen molar-refractivity contribution < 1.29 is 4.74 Å². The molecule has 0 aliphatic heterocycles. The van der Waals surface area contributed by atoms with Gasteiger partial charge in [-0.3, -0.25) is 0 Å². The molecule has 0 bridgehead atoms. The fourth-order valence-corrected chi connectivity index (χ4v) is 2.24. The highest BCUT2D eigenvalue weighted by atomic mass is 79.9. The number of nitrogens with two attached hydrogens (primary N) is 1. The predicted molar refractivity (Wildman–Crippen MR) is 89.1 cm³/mol. The third kappa shape index (κ3) is 3.58. The molecule has 106 valence electrons. The van der Waals surface area contributed by atoms with Crippen LogP contribution in [0.15, 0.2) is 40.9 Å². The fraction of sp³-hybridized carbons (Fsp3) is 0.200. The lowest BCUT2D eigenvalue weighted by Crippen LogP contribution is -2.00.